The van der Waals surface area contributed by atoms with Gasteiger partial charge in [-0.15, -0.1) is 11.3 Å². The smallest absolute Gasteiger partial charge is 0.256 e. The predicted octanol–water partition coefficient (Wildman–Crippen LogP) is 3.77. The molecule has 0 N–H and O–H groups in total. The zero-order chi connectivity index (χ0) is 18.9. The Balaban J connectivity index is 1.60. The lowest BCUT2D eigenvalue weighted by Crippen LogP contribution is -2.46. The molecule has 27 heavy (non-hydrogen) atoms. The second-order valence-electron chi connectivity index (χ2n) is 7.01. The summed E-state index contributed by atoms with van der Waals surface area (Å²) in [5.74, 6) is 0.679. The van der Waals surface area contributed by atoms with Crippen LogP contribution >= 0.6 is 11.3 Å². The molecule has 1 aliphatic heterocycles. The maximum atomic E-state index is 12.8. The number of piperidine rings is 1. The maximum absolute atomic E-state index is 12.8. The number of carbonyl (C=O) groups is 1. The Morgan fingerprint density at radius 3 is 2.33 bits per heavy atom. The minimum atomic E-state index is -0.132. The van der Waals surface area contributed by atoms with Crippen LogP contribution in [0.1, 0.15) is 45.3 Å². The number of aromatic nitrogens is 3. The number of carbonyl (C=O) groups excluding carboxylic acids is 1. The van der Waals surface area contributed by atoms with Gasteiger partial charge >= 0.3 is 0 Å². The quantitative estimate of drug-likeness (QED) is 0.696. The number of amides is 1. The standard InChI is InChI=1S/C21H22N4OS/c1-15-22-12-17(13-23-15)20(26)25-10-8-21(9-11-25,18-6-4-3-5-7-18)19-14-27-16(2)24-19/h3-7,12-14H,8-11H2,1-2H3. The summed E-state index contributed by atoms with van der Waals surface area (Å²) in [4.78, 5) is 27.9. The van der Waals surface area contributed by atoms with Crippen LogP contribution < -0.4 is 0 Å². The van der Waals surface area contributed by atoms with Crippen LogP contribution in [0, 0.1) is 13.8 Å². The van der Waals surface area contributed by atoms with Gasteiger partial charge < -0.3 is 4.90 Å². The second kappa shape index (κ2) is 7.19. The van der Waals surface area contributed by atoms with Crippen molar-refractivity contribution in [2.24, 2.45) is 0 Å². The molecule has 1 aromatic carbocycles. The summed E-state index contributed by atoms with van der Waals surface area (Å²) < 4.78 is 0. The highest BCUT2D eigenvalue weighted by molar-refractivity contribution is 7.09. The van der Waals surface area contributed by atoms with E-state index in [4.69, 9.17) is 4.98 Å². The maximum Gasteiger partial charge on any atom is 0.256 e. The molecule has 5 nitrogen and oxygen atoms in total. The highest BCUT2D eigenvalue weighted by atomic mass is 32.1. The van der Waals surface area contributed by atoms with Gasteiger partial charge in [-0.25, -0.2) is 15.0 Å². The fourth-order valence-electron chi connectivity index (χ4n) is 3.81. The second-order valence-corrected chi connectivity index (χ2v) is 8.07. The van der Waals surface area contributed by atoms with Crippen LogP contribution in [0.5, 0.6) is 0 Å². The van der Waals surface area contributed by atoms with Crippen molar-refractivity contribution in [3.8, 4) is 0 Å². The molecule has 138 valence electrons. The van der Waals surface area contributed by atoms with Gasteiger partial charge in [-0.2, -0.15) is 0 Å². The monoisotopic (exact) mass is 378 g/mol. The number of nitrogens with zero attached hydrogens (tertiary/aromatic N) is 4. The Morgan fingerprint density at radius 2 is 1.74 bits per heavy atom. The number of hydrogen-bond acceptors (Lipinski definition) is 5. The van der Waals surface area contributed by atoms with Crippen molar-refractivity contribution in [3.63, 3.8) is 0 Å². The summed E-state index contributed by atoms with van der Waals surface area (Å²) in [6, 6.07) is 10.6. The van der Waals surface area contributed by atoms with E-state index in [0.29, 0.717) is 24.5 Å². The topological polar surface area (TPSA) is 59.0 Å². The van der Waals surface area contributed by atoms with Gasteiger partial charge in [-0.05, 0) is 32.3 Å². The Bertz CT molecular complexity index is 928. The fourth-order valence-corrected chi connectivity index (χ4v) is 4.52. The van der Waals surface area contributed by atoms with E-state index in [1.54, 1.807) is 23.7 Å². The van der Waals surface area contributed by atoms with Gasteiger partial charge in [0.2, 0.25) is 0 Å². The number of thiazole rings is 1. The molecule has 0 atom stereocenters. The molecule has 1 fully saturated rings. The zero-order valence-corrected chi connectivity index (χ0v) is 16.4. The van der Waals surface area contributed by atoms with Crippen LogP contribution in [0.3, 0.4) is 0 Å². The van der Waals surface area contributed by atoms with Crippen LogP contribution in [0.4, 0.5) is 0 Å². The van der Waals surface area contributed by atoms with Crippen molar-refractivity contribution < 1.29 is 4.79 Å². The minimum Gasteiger partial charge on any atom is -0.338 e. The molecule has 0 spiro atoms. The van der Waals surface area contributed by atoms with Crippen molar-refractivity contribution in [2.75, 3.05) is 13.1 Å². The van der Waals surface area contributed by atoms with Gasteiger partial charge in [0.05, 0.1) is 16.3 Å². The molecule has 0 unspecified atom stereocenters. The molecule has 0 bridgehead atoms. The Morgan fingerprint density at radius 1 is 1.07 bits per heavy atom. The van der Waals surface area contributed by atoms with E-state index in [0.717, 1.165) is 23.5 Å². The summed E-state index contributed by atoms with van der Waals surface area (Å²) in [6.45, 7) is 5.25. The van der Waals surface area contributed by atoms with Gasteiger partial charge in [0.25, 0.3) is 5.91 Å². The lowest BCUT2D eigenvalue weighted by molar-refractivity contribution is 0.0683. The van der Waals surface area contributed by atoms with Crippen LogP contribution in [-0.2, 0) is 5.41 Å². The third kappa shape index (κ3) is 3.37. The first-order valence-electron chi connectivity index (χ1n) is 9.14. The molecule has 2 aromatic heterocycles. The van der Waals surface area contributed by atoms with E-state index in [2.05, 4.69) is 39.6 Å². The van der Waals surface area contributed by atoms with Gasteiger partial charge in [-0.3, -0.25) is 4.79 Å². The van der Waals surface area contributed by atoms with Gasteiger partial charge in [0, 0.05) is 36.3 Å². The molecule has 1 saturated heterocycles. The highest BCUT2D eigenvalue weighted by Crippen LogP contribution is 2.42. The van der Waals surface area contributed by atoms with Crippen LogP contribution in [0.15, 0.2) is 48.1 Å². The van der Waals surface area contributed by atoms with Crippen molar-refractivity contribution in [1.29, 1.82) is 0 Å². The molecule has 0 saturated carbocycles. The summed E-state index contributed by atoms with van der Waals surface area (Å²) in [5.41, 5.74) is 2.83. The Hall–Kier alpha value is -2.60. The molecule has 0 aliphatic carbocycles. The molecular formula is C21H22N4OS. The first-order chi connectivity index (χ1) is 13.1. The molecule has 4 rings (SSSR count). The average Bonchev–Trinajstić information content (AvgIpc) is 3.16. The van der Waals surface area contributed by atoms with Crippen molar-refractivity contribution in [1.82, 2.24) is 19.9 Å². The number of likely N-dealkylation sites (tertiary alicyclic amines) is 1. The van der Waals surface area contributed by atoms with Crippen molar-refractivity contribution >= 4 is 17.2 Å². The van der Waals surface area contributed by atoms with E-state index in [1.165, 1.54) is 5.56 Å². The molecule has 1 aliphatic rings. The normalized spacial score (nSPS) is 16.3. The summed E-state index contributed by atoms with van der Waals surface area (Å²) in [7, 11) is 0. The van der Waals surface area contributed by atoms with Crippen molar-refractivity contribution in [2.45, 2.75) is 32.1 Å². The largest absolute Gasteiger partial charge is 0.338 e. The van der Waals surface area contributed by atoms with E-state index < -0.39 is 0 Å². The first-order valence-corrected chi connectivity index (χ1v) is 10.0. The molecule has 0 radical (unpaired) electrons. The van der Waals surface area contributed by atoms with Gasteiger partial charge in [0.15, 0.2) is 0 Å². The number of rotatable bonds is 3. The zero-order valence-electron chi connectivity index (χ0n) is 15.6. The van der Waals surface area contributed by atoms with Crippen LogP contribution in [0.2, 0.25) is 0 Å². The van der Waals surface area contributed by atoms with Crippen LogP contribution in [-0.4, -0.2) is 38.8 Å². The number of hydrogen-bond donors (Lipinski definition) is 0. The molecular weight excluding hydrogens is 356 g/mol. The first kappa shape index (κ1) is 17.8. The Kier molecular flexibility index (Phi) is 4.74. The molecule has 3 heterocycles. The van der Waals surface area contributed by atoms with E-state index in [1.807, 2.05) is 24.8 Å². The third-order valence-corrected chi connectivity index (χ3v) is 6.14. The van der Waals surface area contributed by atoms with Gasteiger partial charge in [0.1, 0.15) is 5.82 Å². The van der Waals surface area contributed by atoms with E-state index in [-0.39, 0.29) is 11.3 Å². The molecule has 1 amide bonds. The molecule has 3 aromatic rings. The molecule has 6 heteroatoms. The lowest BCUT2D eigenvalue weighted by atomic mass is 9.70. The Labute approximate surface area is 163 Å². The number of aryl methyl sites for hydroxylation is 2. The number of benzene rings is 1. The van der Waals surface area contributed by atoms with Crippen LogP contribution in [0.25, 0.3) is 0 Å². The van der Waals surface area contributed by atoms with E-state index in [9.17, 15) is 4.79 Å². The fraction of sp³-hybridized carbons (Fsp3) is 0.333. The SMILES string of the molecule is Cc1ncc(C(=O)N2CCC(c3ccccc3)(c3csc(C)n3)CC2)cn1. The minimum absolute atomic E-state index is 0.00567. The highest BCUT2D eigenvalue weighted by Gasteiger charge is 2.40. The summed E-state index contributed by atoms with van der Waals surface area (Å²) >= 11 is 1.69. The van der Waals surface area contributed by atoms with E-state index >= 15 is 0 Å². The average molecular weight is 379 g/mol. The predicted molar refractivity (Wildman–Crippen MR) is 106 cm³/mol. The summed E-state index contributed by atoms with van der Waals surface area (Å²) in [6.07, 6.45) is 4.96. The summed E-state index contributed by atoms with van der Waals surface area (Å²) in [5, 5.41) is 3.25. The lowest BCUT2D eigenvalue weighted by Gasteiger charge is -2.41. The third-order valence-electron chi connectivity index (χ3n) is 5.37. The van der Waals surface area contributed by atoms with Gasteiger partial charge in [-0.1, -0.05) is 30.3 Å². The van der Waals surface area contributed by atoms with Crippen molar-refractivity contribution in [3.05, 3.63) is 75.8 Å².